The van der Waals surface area contributed by atoms with Crippen molar-refractivity contribution in [1.29, 1.82) is 0 Å². The zero-order chi connectivity index (χ0) is 23.0. The Bertz CT molecular complexity index is 1080. The lowest BCUT2D eigenvalue weighted by molar-refractivity contribution is -0.147. The zero-order valence-corrected chi connectivity index (χ0v) is 18.7. The largest absolute Gasteiger partial charge is 0.493 e. The quantitative estimate of drug-likeness (QED) is 0.622. The molecule has 0 radical (unpaired) electrons. The van der Waals surface area contributed by atoms with Gasteiger partial charge in [-0.25, -0.2) is 18.2 Å². The van der Waals surface area contributed by atoms with E-state index >= 15 is 0 Å². The zero-order valence-electron chi connectivity index (χ0n) is 17.9. The first-order chi connectivity index (χ1) is 15.3. The smallest absolute Gasteiger partial charge is 0.273 e. The van der Waals surface area contributed by atoms with E-state index in [0.717, 1.165) is 36.4 Å². The van der Waals surface area contributed by atoms with Crippen LogP contribution in [-0.2, 0) is 14.4 Å². The summed E-state index contributed by atoms with van der Waals surface area (Å²) in [6.07, 6.45) is 0.560. The van der Waals surface area contributed by atoms with E-state index < -0.39 is 34.3 Å². The highest BCUT2D eigenvalue weighted by Crippen LogP contribution is 2.58. The summed E-state index contributed by atoms with van der Waals surface area (Å²) < 4.78 is 54.2. The molecule has 1 spiro atoms. The average molecular weight is 465 g/mol. The minimum Gasteiger partial charge on any atom is -0.493 e. The number of methoxy groups -OCH3 is 1. The molecular weight excluding hydrogens is 441 g/mol. The summed E-state index contributed by atoms with van der Waals surface area (Å²) in [5, 5.41) is 5.86. The van der Waals surface area contributed by atoms with Crippen LogP contribution >= 0.6 is 11.8 Å². The first-order valence-corrected chi connectivity index (χ1v) is 11.2. The second-order valence-electron chi connectivity index (χ2n) is 7.79. The van der Waals surface area contributed by atoms with E-state index in [4.69, 9.17) is 9.47 Å². The van der Waals surface area contributed by atoms with Crippen molar-refractivity contribution in [2.24, 2.45) is 11.0 Å². The van der Waals surface area contributed by atoms with Crippen LogP contribution < -0.4 is 4.74 Å². The van der Waals surface area contributed by atoms with Crippen LogP contribution in [0.2, 0.25) is 0 Å². The molecule has 0 unspecified atom stereocenters. The van der Waals surface area contributed by atoms with Gasteiger partial charge in [-0.15, -0.1) is 0 Å². The second-order valence-corrected chi connectivity index (χ2v) is 9.01. The first kappa shape index (κ1) is 22.7. The van der Waals surface area contributed by atoms with E-state index in [1.165, 1.54) is 30.3 Å². The van der Waals surface area contributed by atoms with Crippen molar-refractivity contribution in [3.8, 4) is 5.75 Å². The molecule has 1 amide bonds. The van der Waals surface area contributed by atoms with Crippen molar-refractivity contribution >= 4 is 22.7 Å². The number of carbonyl (C=O) groups excluding carboxylic acids is 1. The molecule has 0 N–H and O–H groups in total. The molecule has 4 rings (SSSR count). The molecule has 2 aliphatic rings. The number of hydrazone groups is 1. The third-order valence-corrected chi connectivity index (χ3v) is 7.32. The SMILES string of the molecule is CCC[C@@H]1COc2ccc(F)cc2[C@@]12SC(c1cc(F)ccc1F)=NN2C(=O)[C@H](C)OC. The maximum atomic E-state index is 14.7. The summed E-state index contributed by atoms with van der Waals surface area (Å²) in [6, 6.07) is 7.20. The van der Waals surface area contributed by atoms with E-state index in [1.807, 2.05) is 6.92 Å². The Balaban J connectivity index is 1.94. The summed E-state index contributed by atoms with van der Waals surface area (Å²) in [6.45, 7) is 3.84. The number of nitrogens with zero attached hydrogens (tertiary/aromatic N) is 2. The fourth-order valence-electron chi connectivity index (χ4n) is 4.12. The normalized spacial score (nSPS) is 23.0. The van der Waals surface area contributed by atoms with Crippen LogP contribution in [-0.4, -0.2) is 35.8 Å². The summed E-state index contributed by atoms with van der Waals surface area (Å²) in [4.78, 5) is 12.2. The Morgan fingerprint density at radius 3 is 2.72 bits per heavy atom. The maximum Gasteiger partial charge on any atom is 0.273 e. The molecule has 0 saturated heterocycles. The molecule has 2 aromatic rings. The first-order valence-electron chi connectivity index (χ1n) is 10.3. The van der Waals surface area contributed by atoms with Gasteiger partial charge in [-0.3, -0.25) is 4.79 Å². The van der Waals surface area contributed by atoms with Crippen LogP contribution in [0.3, 0.4) is 0 Å². The number of thioether (sulfide) groups is 1. The van der Waals surface area contributed by atoms with E-state index in [1.54, 1.807) is 6.92 Å². The molecule has 170 valence electrons. The Morgan fingerprint density at radius 2 is 2.00 bits per heavy atom. The molecule has 9 heteroatoms. The van der Waals surface area contributed by atoms with Crippen molar-refractivity contribution in [2.75, 3.05) is 13.7 Å². The molecule has 0 aliphatic carbocycles. The Hall–Kier alpha value is -2.52. The molecule has 32 heavy (non-hydrogen) atoms. The van der Waals surface area contributed by atoms with Crippen molar-refractivity contribution in [1.82, 2.24) is 5.01 Å². The van der Waals surface area contributed by atoms with Gasteiger partial charge in [0.1, 0.15) is 34.3 Å². The van der Waals surface area contributed by atoms with Gasteiger partial charge < -0.3 is 9.47 Å². The summed E-state index contributed by atoms with van der Waals surface area (Å²) in [5.41, 5.74) is 0.369. The second kappa shape index (κ2) is 8.78. The van der Waals surface area contributed by atoms with Gasteiger partial charge in [-0.2, -0.15) is 5.10 Å². The van der Waals surface area contributed by atoms with Crippen LogP contribution in [0.15, 0.2) is 41.5 Å². The summed E-state index contributed by atoms with van der Waals surface area (Å²) in [7, 11) is 1.40. The summed E-state index contributed by atoms with van der Waals surface area (Å²) >= 11 is 1.12. The predicted molar refractivity (Wildman–Crippen MR) is 116 cm³/mol. The number of ether oxygens (including phenoxy) is 2. The fraction of sp³-hybridized carbons (Fsp3) is 0.391. The molecule has 5 nitrogen and oxygen atoms in total. The highest BCUT2D eigenvalue weighted by molar-refractivity contribution is 8.15. The lowest BCUT2D eigenvalue weighted by Crippen LogP contribution is -2.53. The maximum absolute atomic E-state index is 14.7. The predicted octanol–water partition coefficient (Wildman–Crippen LogP) is 5.04. The molecule has 2 aromatic carbocycles. The minimum absolute atomic E-state index is 0.0607. The number of rotatable bonds is 5. The summed E-state index contributed by atoms with van der Waals surface area (Å²) in [5.74, 6) is -2.12. The Labute approximate surface area is 188 Å². The van der Waals surface area contributed by atoms with E-state index in [0.29, 0.717) is 17.7 Å². The van der Waals surface area contributed by atoms with Gasteiger partial charge in [-0.05, 0) is 49.7 Å². The lowest BCUT2D eigenvalue weighted by atomic mass is 9.85. The van der Waals surface area contributed by atoms with Crippen molar-refractivity contribution in [3.05, 3.63) is 65.0 Å². The van der Waals surface area contributed by atoms with Gasteiger partial charge >= 0.3 is 0 Å². The van der Waals surface area contributed by atoms with Gasteiger partial charge in [0.2, 0.25) is 0 Å². The van der Waals surface area contributed by atoms with Crippen LogP contribution in [0, 0.1) is 23.4 Å². The molecule has 0 saturated carbocycles. The number of carbonyl (C=O) groups is 1. The van der Waals surface area contributed by atoms with E-state index in [2.05, 4.69) is 5.10 Å². The molecule has 2 aliphatic heterocycles. The monoisotopic (exact) mass is 464 g/mol. The van der Waals surface area contributed by atoms with Crippen LogP contribution in [0.5, 0.6) is 5.75 Å². The Morgan fingerprint density at radius 1 is 1.28 bits per heavy atom. The Kier molecular flexibility index (Phi) is 6.22. The number of hydrogen-bond acceptors (Lipinski definition) is 5. The minimum atomic E-state index is -1.19. The molecular formula is C23H23F3N2O3S. The van der Waals surface area contributed by atoms with E-state index in [-0.39, 0.29) is 23.1 Å². The van der Waals surface area contributed by atoms with Crippen molar-refractivity contribution < 1.29 is 27.4 Å². The van der Waals surface area contributed by atoms with Gasteiger partial charge in [0.25, 0.3) is 5.91 Å². The molecule has 0 bridgehead atoms. The number of fused-ring (bicyclic) bond motifs is 2. The average Bonchev–Trinajstić information content (AvgIpc) is 3.17. The lowest BCUT2D eigenvalue weighted by Gasteiger charge is -2.45. The molecule has 2 heterocycles. The van der Waals surface area contributed by atoms with Gasteiger partial charge in [-0.1, -0.05) is 25.1 Å². The van der Waals surface area contributed by atoms with Gasteiger partial charge in [0.15, 0.2) is 4.87 Å². The highest BCUT2D eigenvalue weighted by atomic mass is 32.2. The molecule has 3 atom stereocenters. The fourth-order valence-corrected chi connectivity index (χ4v) is 5.64. The van der Waals surface area contributed by atoms with Gasteiger partial charge in [0, 0.05) is 24.2 Å². The topological polar surface area (TPSA) is 51.1 Å². The van der Waals surface area contributed by atoms with Crippen LogP contribution in [0.4, 0.5) is 13.2 Å². The van der Waals surface area contributed by atoms with E-state index in [9.17, 15) is 18.0 Å². The number of hydrogen-bond donors (Lipinski definition) is 0. The number of halogens is 3. The third-order valence-electron chi connectivity index (χ3n) is 5.78. The van der Waals surface area contributed by atoms with Crippen molar-refractivity contribution in [2.45, 2.75) is 37.7 Å². The molecule has 0 aromatic heterocycles. The van der Waals surface area contributed by atoms with Crippen molar-refractivity contribution in [3.63, 3.8) is 0 Å². The highest BCUT2D eigenvalue weighted by Gasteiger charge is 2.57. The van der Waals surface area contributed by atoms with Crippen LogP contribution in [0.1, 0.15) is 37.8 Å². The molecule has 0 fully saturated rings. The van der Waals surface area contributed by atoms with Crippen LogP contribution in [0.25, 0.3) is 0 Å². The third kappa shape index (κ3) is 3.67. The standard InChI is InChI=1S/C23H23F3N2O3S/c1-4-5-14-12-31-20-9-7-16(25)11-18(20)23(14)28(22(29)13(2)30-3)27-21(32-23)17-10-15(24)6-8-19(17)26/h6-11,13-14H,4-5,12H2,1-3H3/t13-,14+,23-/m0/s1. The van der Waals surface area contributed by atoms with Gasteiger partial charge in [0.05, 0.1) is 6.61 Å². The number of amides is 1. The number of benzene rings is 2.